The van der Waals surface area contributed by atoms with Gasteiger partial charge in [-0.15, -0.1) is 0 Å². The molecule has 2 N–H and O–H groups in total. The highest BCUT2D eigenvalue weighted by atomic mass is 16.5. The number of carboxylic acids is 1. The molecule has 0 aliphatic rings. The minimum absolute atomic E-state index is 0.118. The Balaban J connectivity index is 2.74. The molecule has 15 heavy (non-hydrogen) atoms. The summed E-state index contributed by atoms with van der Waals surface area (Å²) in [6.45, 7) is -0.280. The van der Waals surface area contributed by atoms with Gasteiger partial charge in [0.05, 0.1) is 7.11 Å². The fraction of sp³-hybridized carbons (Fsp3) is 0.250. The van der Waals surface area contributed by atoms with Crippen molar-refractivity contribution in [2.75, 3.05) is 19.0 Å². The molecule has 7 nitrogen and oxygen atoms in total. The number of hydrogen-bond acceptors (Lipinski definition) is 6. The normalized spacial score (nSPS) is 9.40. The molecule has 0 amide bonds. The fourth-order valence-corrected chi connectivity index (χ4v) is 0.813. The van der Waals surface area contributed by atoms with Gasteiger partial charge in [0.2, 0.25) is 5.82 Å². The number of nitrogens with one attached hydrogen (secondary N) is 1. The number of ether oxygens (including phenoxy) is 1. The van der Waals surface area contributed by atoms with Crippen LogP contribution in [-0.2, 0) is 9.53 Å². The van der Waals surface area contributed by atoms with Gasteiger partial charge < -0.3 is 15.2 Å². The van der Waals surface area contributed by atoms with Crippen molar-refractivity contribution in [3.8, 4) is 0 Å². The summed E-state index contributed by atoms with van der Waals surface area (Å²) in [5.74, 6) is -1.55. The van der Waals surface area contributed by atoms with Gasteiger partial charge in [-0.1, -0.05) is 0 Å². The predicted octanol–water partition coefficient (Wildman–Crippen LogP) is -0.240. The summed E-state index contributed by atoms with van der Waals surface area (Å²) in [6.07, 6.45) is 1.34. The van der Waals surface area contributed by atoms with Crippen LogP contribution in [0.15, 0.2) is 12.3 Å². The lowest BCUT2D eigenvalue weighted by atomic mass is 10.5. The van der Waals surface area contributed by atoms with Crippen molar-refractivity contribution >= 4 is 17.8 Å². The molecule has 0 saturated heterocycles. The van der Waals surface area contributed by atoms with Crippen LogP contribution < -0.4 is 5.32 Å². The average Bonchev–Trinajstić information content (AvgIpc) is 2.25. The van der Waals surface area contributed by atoms with Crippen molar-refractivity contribution in [2.24, 2.45) is 0 Å². The van der Waals surface area contributed by atoms with Gasteiger partial charge in [0, 0.05) is 6.20 Å². The molecule has 0 bridgehead atoms. The van der Waals surface area contributed by atoms with Crippen LogP contribution in [0.3, 0.4) is 0 Å². The van der Waals surface area contributed by atoms with E-state index in [4.69, 9.17) is 5.11 Å². The van der Waals surface area contributed by atoms with E-state index in [-0.39, 0.29) is 18.2 Å². The Kier molecular flexibility index (Phi) is 3.55. The third-order valence-electron chi connectivity index (χ3n) is 1.44. The number of anilines is 1. The zero-order valence-corrected chi connectivity index (χ0v) is 7.93. The monoisotopic (exact) mass is 211 g/mol. The van der Waals surface area contributed by atoms with Gasteiger partial charge in [0.15, 0.2) is 0 Å². The van der Waals surface area contributed by atoms with Crippen LogP contribution in [-0.4, -0.2) is 40.7 Å². The molecule has 0 radical (unpaired) electrons. The summed E-state index contributed by atoms with van der Waals surface area (Å²) in [5, 5.41) is 10.9. The van der Waals surface area contributed by atoms with E-state index in [1.807, 2.05) is 0 Å². The molecular formula is C8H9N3O4. The summed E-state index contributed by atoms with van der Waals surface area (Å²) in [6, 6.07) is 1.45. The molecule has 0 aliphatic heterocycles. The topological polar surface area (TPSA) is 101 Å². The van der Waals surface area contributed by atoms with E-state index in [2.05, 4.69) is 20.0 Å². The first-order valence-corrected chi connectivity index (χ1v) is 4.00. The molecule has 0 atom stereocenters. The van der Waals surface area contributed by atoms with Gasteiger partial charge in [-0.25, -0.2) is 14.8 Å². The Hall–Kier alpha value is -2.18. The predicted molar refractivity (Wildman–Crippen MR) is 49.5 cm³/mol. The van der Waals surface area contributed by atoms with E-state index in [1.165, 1.54) is 19.4 Å². The van der Waals surface area contributed by atoms with Gasteiger partial charge in [-0.2, -0.15) is 0 Å². The molecule has 1 rings (SSSR count). The third-order valence-corrected chi connectivity index (χ3v) is 1.44. The van der Waals surface area contributed by atoms with E-state index in [9.17, 15) is 9.59 Å². The van der Waals surface area contributed by atoms with E-state index >= 15 is 0 Å². The van der Waals surface area contributed by atoms with Crippen LogP contribution >= 0.6 is 0 Å². The summed E-state index contributed by atoms with van der Waals surface area (Å²) in [4.78, 5) is 28.7. The summed E-state index contributed by atoms with van der Waals surface area (Å²) < 4.78 is 4.41. The maximum atomic E-state index is 11.0. The average molecular weight is 211 g/mol. The lowest BCUT2D eigenvalue weighted by Gasteiger charge is -2.02. The van der Waals surface area contributed by atoms with Crippen molar-refractivity contribution in [2.45, 2.75) is 0 Å². The van der Waals surface area contributed by atoms with Crippen molar-refractivity contribution in [3.05, 3.63) is 18.1 Å². The van der Waals surface area contributed by atoms with Crippen molar-refractivity contribution < 1.29 is 19.4 Å². The second kappa shape index (κ2) is 4.89. The summed E-state index contributed by atoms with van der Waals surface area (Å²) in [5.41, 5.74) is 0. The van der Waals surface area contributed by atoms with E-state index in [0.717, 1.165) is 0 Å². The highest BCUT2D eigenvalue weighted by molar-refractivity contribution is 5.85. The molecule has 0 fully saturated rings. The standard InChI is InChI=1S/C8H9N3O4/c1-15-8(14)7-9-3-2-5(11-7)10-4-6(12)13/h2-3H,4H2,1H3,(H,12,13)(H,9,10,11). The van der Waals surface area contributed by atoms with Gasteiger partial charge >= 0.3 is 11.9 Å². The van der Waals surface area contributed by atoms with Crippen LogP contribution in [0.2, 0.25) is 0 Å². The molecule has 7 heteroatoms. The first-order valence-electron chi connectivity index (χ1n) is 4.00. The lowest BCUT2D eigenvalue weighted by Crippen LogP contribution is -2.15. The first-order chi connectivity index (χ1) is 7.13. The minimum atomic E-state index is -1.02. The first kappa shape index (κ1) is 10.9. The van der Waals surface area contributed by atoms with Crippen LogP contribution in [0.5, 0.6) is 0 Å². The number of aliphatic carboxylic acids is 1. The molecule has 0 aliphatic carbocycles. The number of carboxylic acid groups (broad SMARTS) is 1. The largest absolute Gasteiger partial charge is 0.480 e. The zero-order chi connectivity index (χ0) is 11.3. The van der Waals surface area contributed by atoms with Crippen LogP contribution in [0.1, 0.15) is 10.6 Å². The third kappa shape index (κ3) is 3.22. The number of carbonyl (C=O) groups excluding carboxylic acids is 1. The molecule has 0 spiro atoms. The Morgan fingerprint density at radius 3 is 2.93 bits per heavy atom. The second-order valence-corrected chi connectivity index (χ2v) is 2.50. The smallest absolute Gasteiger partial charge is 0.376 e. The van der Waals surface area contributed by atoms with Gasteiger partial charge in [-0.05, 0) is 6.07 Å². The van der Waals surface area contributed by atoms with Gasteiger partial charge in [0.1, 0.15) is 12.4 Å². The molecule has 1 aromatic heterocycles. The molecule has 1 aromatic rings. The molecule has 0 unspecified atom stereocenters. The molecule has 0 aromatic carbocycles. The van der Waals surface area contributed by atoms with Crippen molar-refractivity contribution in [3.63, 3.8) is 0 Å². The maximum absolute atomic E-state index is 11.0. The van der Waals surface area contributed by atoms with Gasteiger partial charge in [-0.3, -0.25) is 4.79 Å². The van der Waals surface area contributed by atoms with Gasteiger partial charge in [0.25, 0.3) is 0 Å². The lowest BCUT2D eigenvalue weighted by molar-refractivity contribution is -0.134. The number of rotatable bonds is 4. The van der Waals surface area contributed by atoms with Crippen LogP contribution in [0, 0.1) is 0 Å². The fourth-order valence-electron chi connectivity index (χ4n) is 0.813. The SMILES string of the molecule is COC(=O)c1nccc(NCC(=O)O)n1. The number of esters is 1. The molecule has 0 saturated carbocycles. The Bertz CT molecular complexity index is 380. The Morgan fingerprint density at radius 2 is 2.33 bits per heavy atom. The quantitative estimate of drug-likeness (QED) is 0.662. The Morgan fingerprint density at radius 1 is 1.60 bits per heavy atom. The maximum Gasteiger partial charge on any atom is 0.376 e. The number of methoxy groups -OCH3 is 1. The zero-order valence-electron chi connectivity index (χ0n) is 7.93. The van der Waals surface area contributed by atoms with Crippen LogP contribution in [0.4, 0.5) is 5.82 Å². The summed E-state index contributed by atoms with van der Waals surface area (Å²) >= 11 is 0. The second-order valence-electron chi connectivity index (χ2n) is 2.50. The minimum Gasteiger partial charge on any atom is -0.480 e. The molecule has 80 valence electrons. The Labute approximate surface area is 85.1 Å². The van der Waals surface area contributed by atoms with Crippen molar-refractivity contribution in [1.82, 2.24) is 9.97 Å². The van der Waals surface area contributed by atoms with E-state index < -0.39 is 11.9 Å². The summed E-state index contributed by atoms with van der Waals surface area (Å²) in [7, 11) is 1.21. The van der Waals surface area contributed by atoms with Crippen LogP contribution in [0.25, 0.3) is 0 Å². The number of carbonyl (C=O) groups is 2. The highest BCUT2D eigenvalue weighted by Crippen LogP contribution is 2.02. The molecular weight excluding hydrogens is 202 g/mol. The highest BCUT2D eigenvalue weighted by Gasteiger charge is 2.09. The number of nitrogens with zero attached hydrogens (tertiary/aromatic N) is 2. The van der Waals surface area contributed by atoms with E-state index in [0.29, 0.717) is 0 Å². The van der Waals surface area contributed by atoms with Crippen molar-refractivity contribution in [1.29, 1.82) is 0 Å². The number of hydrogen-bond donors (Lipinski definition) is 2. The van der Waals surface area contributed by atoms with E-state index in [1.54, 1.807) is 0 Å². The molecule has 1 heterocycles. The number of aromatic nitrogens is 2.